The van der Waals surface area contributed by atoms with Gasteiger partial charge in [0.05, 0.1) is 27.6 Å². The van der Waals surface area contributed by atoms with E-state index in [4.69, 9.17) is 23.2 Å². The van der Waals surface area contributed by atoms with Gasteiger partial charge in [-0.15, -0.1) is 10.2 Å². The first-order chi connectivity index (χ1) is 15.3. The predicted molar refractivity (Wildman–Crippen MR) is 121 cm³/mol. The number of hydrogen-bond acceptors (Lipinski definition) is 5. The Morgan fingerprint density at radius 1 is 1.06 bits per heavy atom. The highest BCUT2D eigenvalue weighted by molar-refractivity contribution is 6.36. The molecule has 0 spiro atoms. The Bertz CT molecular complexity index is 1380. The lowest BCUT2D eigenvalue weighted by atomic mass is 10.2. The molecule has 32 heavy (non-hydrogen) atoms. The van der Waals surface area contributed by atoms with E-state index in [1.165, 1.54) is 36.4 Å². The summed E-state index contributed by atoms with van der Waals surface area (Å²) >= 11 is 11.9. The monoisotopic (exact) mass is 468 g/mol. The maximum atomic E-state index is 12.5. The molecule has 0 saturated heterocycles. The lowest BCUT2D eigenvalue weighted by Crippen LogP contribution is -1.98. The first-order valence-electron chi connectivity index (χ1n) is 9.30. The number of azo groups is 1. The van der Waals surface area contributed by atoms with E-state index in [-0.39, 0.29) is 39.8 Å². The van der Waals surface area contributed by atoms with E-state index in [1.54, 1.807) is 4.57 Å². The number of rotatable bonds is 5. The van der Waals surface area contributed by atoms with E-state index in [2.05, 4.69) is 10.2 Å². The fourth-order valence-electron chi connectivity index (χ4n) is 3.26. The molecule has 0 radical (unpaired) electrons. The summed E-state index contributed by atoms with van der Waals surface area (Å²) < 4.78 is 1.54. The Morgan fingerprint density at radius 3 is 2.50 bits per heavy atom. The first-order valence-corrected chi connectivity index (χ1v) is 10.1. The summed E-state index contributed by atoms with van der Waals surface area (Å²) in [5.41, 5.74) is 1.24. The van der Waals surface area contributed by atoms with Crippen LogP contribution in [-0.4, -0.2) is 20.5 Å². The third kappa shape index (κ3) is 4.18. The highest BCUT2D eigenvalue weighted by atomic mass is 35.5. The molecule has 3 aromatic carbocycles. The molecule has 1 N–H and O–H groups in total. The molecule has 8 nitrogen and oxygen atoms in total. The van der Waals surface area contributed by atoms with Gasteiger partial charge >= 0.3 is 0 Å². The van der Waals surface area contributed by atoms with Crippen molar-refractivity contribution in [2.45, 2.75) is 6.54 Å². The Balaban J connectivity index is 1.81. The Labute approximate surface area is 191 Å². The van der Waals surface area contributed by atoms with E-state index < -0.39 is 10.8 Å². The molecule has 4 aromatic rings. The van der Waals surface area contributed by atoms with Crippen molar-refractivity contribution in [3.63, 3.8) is 0 Å². The van der Waals surface area contributed by atoms with Gasteiger partial charge in [-0.25, -0.2) is 0 Å². The minimum absolute atomic E-state index is 0.0573. The van der Waals surface area contributed by atoms with E-state index in [0.29, 0.717) is 10.5 Å². The molecule has 0 bridgehead atoms. The topological polar surface area (TPSA) is 110 Å². The number of nitro groups is 1. The number of fused-ring (bicyclic) bond motifs is 1. The van der Waals surface area contributed by atoms with Crippen LogP contribution in [0.25, 0.3) is 10.9 Å². The zero-order valence-corrected chi connectivity index (χ0v) is 17.8. The summed E-state index contributed by atoms with van der Waals surface area (Å²) in [6.07, 6.45) is 0. The van der Waals surface area contributed by atoms with Gasteiger partial charge < -0.3 is 9.67 Å². The maximum Gasteiger partial charge on any atom is 0.296 e. The lowest BCUT2D eigenvalue weighted by Gasteiger charge is -2.07. The van der Waals surface area contributed by atoms with Crippen molar-refractivity contribution in [1.82, 2.24) is 4.57 Å². The zero-order valence-electron chi connectivity index (χ0n) is 16.3. The first kappa shape index (κ1) is 21.5. The van der Waals surface area contributed by atoms with Gasteiger partial charge in [-0.2, -0.15) is 0 Å². The summed E-state index contributed by atoms with van der Waals surface area (Å²) in [5.74, 6) is -1.02. The largest absolute Gasteiger partial charge is 0.493 e. The van der Waals surface area contributed by atoms with Crippen LogP contribution in [-0.2, 0) is 6.54 Å². The molecule has 160 valence electrons. The second-order valence-corrected chi connectivity index (χ2v) is 7.68. The zero-order chi connectivity index (χ0) is 22.8. The fraction of sp³-hybridized carbons (Fsp3) is 0.0455. The van der Waals surface area contributed by atoms with Crippen LogP contribution in [0.1, 0.15) is 15.9 Å². The van der Waals surface area contributed by atoms with Gasteiger partial charge in [0.1, 0.15) is 0 Å². The van der Waals surface area contributed by atoms with E-state index in [0.717, 1.165) is 5.56 Å². The van der Waals surface area contributed by atoms with Gasteiger partial charge in [-0.1, -0.05) is 53.5 Å². The summed E-state index contributed by atoms with van der Waals surface area (Å²) in [5, 5.41) is 30.5. The van der Waals surface area contributed by atoms with E-state index in [9.17, 15) is 20.0 Å². The molecule has 1 amide bonds. The average molecular weight is 469 g/mol. The minimum Gasteiger partial charge on any atom is -0.493 e. The van der Waals surface area contributed by atoms with E-state index in [1.807, 2.05) is 30.3 Å². The predicted octanol–water partition coefficient (Wildman–Crippen LogP) is 6.53. The number of amides is 1. The molecular formula is C22H14Cl2N4O4. The second-order valence-electron chi connectivity index (χ2n) is 6.83. The number of nitrogens with zero attached hydrogens (tertiary/aromatic N) is 4. The van der Waals surface area contributed by atoms with Crippen LogP contribution in [0.3, 0.4) is 0 Å². The summed E-state index contributed by atoms with van der Waals surface area (Å²) in [4.78, 5) is 23.2. The molecular weight excluding hydrogens is 455 g/mol. The molecule has 0 aliphatic carbocycles. The molecule has 0 saturated carbocycles. The highest BCUT2D eigenvalue weighted by Gasteiger charge is 2.20. The van der Waals surface area contributed by atoms with Crippen LogP contribution >= 0.6 is 23.2 Å². The Kier molecular flexibility index (Phi) is 5.89. The smallest absolute Gasteiger partial charge is 0.296 e. The molecule has 1 aromatic heterocycles. The van der Waals surface area contributed by atoms with Crippen molar-refractivity contribution < 1.29 is 14.8 Å². The summed E-state index contributed by atoms with van der Waals surface area (Å²) in [7, 11) is 0. The lowest BCUT2D eigenvalue weighted by molar-refractivity contribution is -0.384. The van der Waals surface area contributed by atoms with Crippen LogP contribution in [0.4, 0.5) is 11.4 Å². The maximum absolute atomic E-state index is 12.5. The Hall–Kier alpha value is -3.75. The SMILES string of the molecule is O=C(N=Nc1c(O)n(Cc2ccccc2)c2ccc([N+](=O)[O-])cc12)c1ccc(Cl)cc1Cl. The second kappa shape index (κ2) is 8.78. The molecule has 0 atom stereocenters. The number of aromatic nitrogens is 1. The number of halogens is 2. The van der Waals surface area contributed by atoms with Crippen LogP contribution in [0.2, 0.25) is 10.0 Å². The number of aromatic hydroxyl groups is 1. The standard InChI is InChI=1S/C22H14Cl2N4O4/c23-14-6-8-16(18(24)10-14)21(29)26-25-20-17-11-15(28(31)32)7-9-19(17)27(22(20)30)12-13-4-2-1-3-5-13/h1-11,30H,12H2. The fourth-order valence-corrected chi connectivity index (χ4v) is 3.75. The highest BCUT2D eigenvalue weighted by Crippen LogP contribution is 2.41. The number of carbonyl (C=O) groups excluding carboxylic acids is 1. The van der Waals surface area contributed by atoms with Crippen molar-refractivity contribution in [3.05, 3.63) is 98.0 Å². The van der Waals surface area contributed by atoms with Gasteiger partial charge in [0.25, 0.3) is 11.6 Å². The average Bonchev–Trinajstić information content (AvgIpc) is 3.03. The third-order valence-electron chi connectivity index (χ3n) is 4.79. The van der Waals surface area contributed by atoms with Crippen molar-refractivity contribution >= 4 is 51.4 Å². The van der Waals surface area contributed by atoms with Crippen molar-refractivity contribution in [1.29, 1.82) is 0 Å². The molecule has 4 rings (SSSR count). The van der Waals surface area contributed by atoms with Crippen LogP contribution < -0.4 is 0 Å². The molecule has 0 unspecified atom stereocenters. The summed E-state index contributed by atoms with van der Waals surface area (Å²) in [6, 6.07) is 17.8. The van der Waals surface area contributed by atoms with Crippen molar-refractivity contribution in [2.24, 2.45) is 10.2 Å². The molecule has 10 heteroatoms. The van der Waals surface area contributed by atoms with Crippen LogP contribution in [0, 0.1) is 10.1 Å². The van der Waals surface area contributed by atoms with E-state index >= 15 is 0 Å². The Morgan fingerprint density at radius 2 is 1.81 bits per heavy atom. The number of nitro benzene ring substituents is 1. The number of non-ortho nitro benzene ring substituents is 1. The van der Waals surface area contributed by atoms with Crippen molar-refractivity contribution in [2.75, 3.05) is 0 Å². The van der Waals surface area contributed by atoms with Crippen molar-refractivity contribution in [3.8, 4) is 5.88 Å². The third-order valence-corrected chi connectivity index (χ3v) is 5.34. The van der Waals surface area contributed by atoms with Gasteiger partial charge in [0, 0.05) is 22.5 Å². The van der Waals surface area contributed by atoms with Gasteiger partial charge in [-0.05, 0) is 29.8 Å². The number of carbonyl (C=O) groups is 1. The van der Waals surface area contributed by atoms with Crippen LogP contribution in [0.5, 0.6) is 5.88 Å². The van der Waals surface area contributed by atoms with Gasteiger partial charge in [0.15, 0.2) is 5.69 Å². The number of hydrogen-bond donors (Lipinski definition) is 1. The van der Waals surface area contributed by atoms with Gasteiger partial charge in [-0.3, -0.25) is 14.9 Å². The van der Waals surface area contributed by atoms with Gasteiger partial charge in [0.2, 0.25) is 5.88 Å². The molecule has 0 aliphatic heterocycles. The molecule has 1 heterocycles. The van der Waals surface area contributed by atoms with Crippen LogP contribution in [0.15, 0.2) is 77.0 Å². The quantitative estimate of drug-likeness (QED) is 0.203. The number of benzene rings is 3. The summed E-state index contributed by atoms with van der Waals surface area (Å²) in [6.45, 7) is 0.285. The normalized spacial score (nSPS) is 11.3. The molecule has 0 fully saturated rings. The molecule has 0 aliphatic rings. The minimum atomic E-state index is -0.750.